The summed E-state index contributed by atoms with van der Waals surface area (Å²) in [6.07, 6.45) is 5.83. The molecule has 1 aliphatic heterocycles. The van der Waals surface area contributed by atoms with Gasteiger partial charge in [-0.15, -0.1) is 0 Å². The van der Waals surface area contributed by atoms with Crippen molar-refractivity contribution in [2.45, 2.75) is 32.6 Å². The zero-order valence-electron chi connectivity index (χ0n) is 20.4. The molecule has 0 spiro atoms. The molecule has 1 aliphatic carbocycles. The van der Waals surface area contributed by atoms with Crippen molar-refractivity contribution in [3.8, 4) is 22.7 Å². The minimum Gasteiger partial charge on any atom is -0.497 e. The molecule has 5 rings (SSSR count). The molecule has 2 aromatic carbocycles. The average Bonchev–Trinajstić information content (AvgIpc) is 3.63. The number of benzene rings is 2. The summed E-state index contributed by atoms with van der Waals surface area (Å²) in [5, 5.41) is 7.90. The van der Waals surface area contributed by atoms with Crippen molar-refractivity contribution < 1.29 is 14.3 Å². The molecule has 0 radical (unpaired) electrons. The lowest BCUT2D eigenvalue weighted by Gasteiger charge is -2.32. The van der Waals surface area contributed by atoms with Crippen molar-refractivity contribution in [3.05, 3.63) is 65.9 Å². The van der Waals surface area contributed by atoms with E-state index in [0.29, 0.717) is 36.0 Å². The lowest BCUT2D eigenvalue weighted by atomic mass is 9.96. The van der Waals surface area contributed by atoms with E-state index in [9.17, 15) is 9.59 Å². The van der Waals surface area contributed by atoms with Gasteiger partial charge in [0.15, 0.2) is 0 Å². The molecule has 7 heteroatoms. The Bertz CT molecular complexity index is 1210. The molecular weight excluding hydrogens is 440 g/mol. The molecule has 2 fully saturated rings. The van der Waals surface area contributed by atoms with E-state index in [1.54, 1.807) is 18.0 Å². The Balaban J connectivity index is 1.44. The van der Waals surface area contributed by atoms with E-state index in [4.69, 9.17) is 9.84 Å². The zero-order chi connectivity index (χ0) is 24.4. The van der Waals surface area contributed by atoms with Gasteiger partial charge in [0.1, 0.15) is 11.4 Å². The van der Waals surface area contributed by atoms with Crippen molar-refractivity contribution in [2.75, 3.05) is 26.7 Å². The van der Waals surface area contributed by atoms with Crippen LogP contribution in [0, 0.1) is 18.8 Å². The molecule has 1 saturated heterocycles. The van der Waals surface area contributed by atoms with Gasteiger partial charge in [-0.05, 0) is 62.8 Å². The average molecular weight is 473 g/mol. The number of carbonyl (C=O) groups excluding carboxylic acids is 2. The summed E-state index contributed by atoms with van der Waals surface area (Å²) in [6.45, 7) is 3.87. The van der Waals surface area contributed by atoms with Crippen molar-refractivity contribution in [2.24, 2.45) is 11.8 Å². The van der Waals surface area contributed by atoms with Gasteiger partial charge >= 0.3 is 0 Å². The standard InChI is InChI=1S/C28H32N4O3/c1-19-8-12-23(13-9-19)32-18-25(26(30-32)21-5-3-7-24(15-21)35-2)28(34)31-14-4-6-22(17-31)27(33)29-16-20-10-11-20/h3,5,7-9,12-13,15,18,20,22H,4,6,10-11,14,16-17H2,1-2H3,(H,29,33). The number of hydrogen-bond donors (Lipinski definition) is 1. The second kappa shape index (κ2) is 9.94. The number of ether oxygens (including phenoxy) is 1. The summed E-state index contributed by atoms with van der Waals surface area (Å²) < 4.78 is 7.16. The molecule has 1 unspecified atom stereocenters. The third kappa shape index (κ3) is 5.24. The number of aryl methyl sites for hydroxylation is 1. The Kier molecular flexibility index (Phi) is 6.57. The van der Waals surface area contributed by atoms with Crippen LogP contribution in [0.3, 0.4) is 0 Å². The molecule has 1 atom stereocenters. The molecular formula is C28H32N4O3. The number of nitrogens with zero attached hydrogens (tertiary/aromatic N) is 3. The van der Waals surface area contributed by atoms with Gasteiger partial charge in [0, 0.05) is 31.4 Å². The summed E-state index contributed by atoms with van der Waals surface area (Å²) >= 11 is 0. The number of amides is 2. The highest BCUT2D eigenvalue weighted by molar-refractivity contribution is 6.00. The second-order valence-corrected chi connectivity index (χ2v) is 9.68. The first-order valence-electron chi connectivity index (χ1n) is 12.4. The maximum atomic E-state index is 13.8. The summed E-state index contributed by atoms with van der Waals surface area (Å²) in [6, 6.07) is 15.6. The first kappa shape index (κ1) is 23.1. The van der Waals surface area contributed by atoms with E-state index in [-0.39, 0.29) is 17.7 Å². The monoisotopic (exact) mass is 472 g/mol. The number of rotatable bonds is 7. The fourth-order valence-corrected chi connectivity index (χ4v) is 4.60. The van der Waals surface area contributed by atoms with Crippen LogP contribution < -0.4 is 10.1 Å². The van der Waals surface area contributed by atoms with Gasteiger partial charge in [-0.2, -0.15) is 5.10 Å². The van der Waals surface area contributed by atoms with E-state index in [1.807, 2.05) is 60.4 Å². The Morgan fingerprint density at radius 1 is 1.11 bits per heavy atom. The van der Waals surface area contributed by atoms with Gasteiger partial charge in [-0.25, -0.2) is 4.68 Å². The number of methoxy groups -OCH3 is 1. The highest BCUT2D eigenvalue weighted by Crippen LogP contribution is 2.30. The maximum Gasteiger partial charge on any atom is 0.257 e. The molecule has 35 heavy (non-hydrogen) atoms. The SMILES string of the molecule is COc1cccc(-c2nn(-c3ccc(C)cc3)cc2C(=O)N2CCCC(C(=O)NCC3CC3)C2)c1. The van der Waals surface area contributed by atoms with E-state index >= 15 is 0 Å². The smallest absolute Gasteiger partial charge is 0.257 e. The lowest BCUT2D eigenvalue weighted by molar-refractivity contribution is -0.126. The predicted molar refractivity (Wildman–Crippen MR) is 135 cm³/mol. The number of hydrogen-bond acceptors (Lipinski definition) is 4. The first-order chi connectivity index (χ1) is 17.0. The van der Waals surface area contributed by atoms with Crippen molar-refractivity contribution in [1.29, 1.82) is 0 Å². The van der Waals surface area contributed by atoms with Gasteiger partial charge in [0.05, 0.1) is 24.3 Å². The molecule has 2 heterocycles. The fraction of sp³-hybridized carbons (Fsp3) is 0.393. The van der Waals surface area contributed by atoms with Crippen LogP contribution in [0.2, 0.25) is 0 Å². The maximum absolute atomic E-state index is 13.8. The molecule has 0 bridgehead atoms. The van der Waals surface area contributed by atoms with Gasteiger partial charge in [-0.3, -0.25) is 9.59 Å². The summed E-state index contributed by atoms with van der Waals surface area (Å²) in [5.74, 6) is 1.15. The summed E-state index contributed by atoms with van der Waals surface area (Å²) in [5.41, 5.74) is 3.99. The number of likely N-dealkylation sites (tertiary alicyclic amines) is 1. The van der Waals surface area contributed by atoms with Crippen molar-refractivity contribution in [1.82, 2.24) is 20.0 Å². The van der Waals surface area contributed by atoms with Crippen LogP contribution >= 0.6 is 0 Å². The zero-order valence-corrected chi connectivity index (χ0v) is 20.4. The molecule has 2 aliphatic rings. The predicted octanol–water partition coefficient (Wildman–Crippen LogP) is 4.23. The van der Waals surface area contributed by atoms with Gasteiger partial charge in [0.2, 0.25) is 5.91 Å². The summed E-state index contributed by atoms with van der Waals surface area (Å²) in [4.78, 5) is 28.3. The quantitative estimate of drug-likeness (QED) is 0.558. The van der Waals surface area contributed by atoms with Crippen molar-refractivity contribution in [3.63, 3.8) is 0 Å². The van der Waals surface area contributed by atoms with Crippen LogP contribution in [0.1, 0.15) is 41.6 Å². The first-order valence-corrected chi connectivity index (χ1v) is 12.4. The van der Waals surface area contributed by atoms with Gasteiger partial charge < -0.3 is 15.0 Å². The second-order valence-electron chi connectivity index (χ2n) is 9.68. The van der Waals surface area contributed by atoms with Crippen LogP contribution in [0.4, 0.5) is 0 Å². The largest absolute Gasteiger partial charge is 0.497 e. The molecule has 1 aromatic heterocycles. The topological polar surface area (TPSA) is 76.5 Å². The normalized spacial score (nSPS) is 17.8. The Labute approximate surface area is 206 Å². The minimum atomic E-state index is -0.168. The molecule has 7 nitrogen and oxygen atoms in total. The Morgan fingerprint density at radius 2 is 1.91 bits per heavy atom. The Morgan fingerprint density at radius 3 is 2.66 bits per heavy atom. The van der Waals surface area contributed by atoms with E-state index in [0.717, 1.165) is 36.2 Å². The Hall–Kier alpha value is -3.61. The highest BCUT2D eigenvalue weighted by Gasteiger charge is 2.32. The van der Waals surface area contributed by atoms with Gasteiger partial charge in [-0.1, -0.05) is 29.8 Å². The highest BCUT2D eigenvalue weighted by atomic mass is 16.5. The van der Waals surface area contributed by atoms with Gasteiger partial charge in [0.25, 0.3) is 5.91 Å². The van der Waals surface area contributed by atoms with Crippen LogP contribution in [-0.4, -0.2) is 53.2 Å². The third-order valence-electron chi connectivity index (χ3n) is 6.93. The molecule has 3 aromatic rings. The number of aromatic nitrogens is 2. The van der Waals surface area contributed by atoms with Crippen LogP contribution in [0.25, 0.3) is 16.9 Å². The van der Waals surface area contributed by atoms with E-state index in [1.165, 1.54) is 12.8 Å². The van der Waals surface area contributed by atoms with Crippen LogP contribution in [0.5, 0.6) is 5.75 Å². The molecule has 2 amide bonds. The number of carbonyl (C=O) groups is 2. The van der Waals surface area contributed by atoms with Crippen LogP contribution in [-0.2, 0) is 4.79 Å². The van der Waals surface area contributed by atoms with Crippen LogP contribution in [0.15, 0.2) is 54.7 Å². The minimum absolute atomic E-state index is 0.0674. The number of piperidine rings is 1. The molecule has 182 valence electrons. The lowest BCUT2D eigenvalue weighted by Crippen LogP contribution is -2.45. The fourth-order valence-electron chi connectivity index (χ4n) is 4.60. The third-order valence-corrected chi connectivity index (χ3v) is 6.93. The molecule has 1 N–H and O–H groups in total. The molecule has 1 saturated carbocycles. The van der Waals surface area contributed by atoms with E-state index < -0.39 is 0 Å². The van der Waals surface area contributed by atoms with E-state index in [2.05, 4.69) is 5.32 Å². The van der Waals surface area contributed by atoms with Crippen molar-refractivity contribution >= 4 is 11.8 Å². The summed E-state index contributed by atoms with van der Waals surface area (Å²) in [7, 11) is 1.62. The number of nitrogens with one attached hydrogen (secondary N) is 1.